The Morgan fingerprint density at radius 3 is 2.71 bits per heavy atom. The number of amides is 2. The van der Waals surface area contributed by atoms with E-state index in [1.54, 1.807) is 16.2 Å². The van der Waals surface area contributed by atoms with Crippen LogP contribution in [0.2, 0.25) is 0 Å². The Kier molecular flexibility index (Phi) is 8.82. The van der Waals surface area contributed by atoms with E-state index in [2.05, 4.69) is 6.92 Å². The molecule has 184 valence electrons. The van der Waals surface area contributed by atoms with Crippen LogP contribution in [0.25, 0.3) is 0 Å². The van der Waals surface area contributed by atoms with Crippen LogP contribution in [0, 0.1) is 0 Å². The summed E-state index contributed by atoms with van der Waals surface area (Å²) in [5.74, 6) is 1.40. The molecule has 1 saturated heterocycles. The summed E-state index contributed by atoms with van der Waals surface area (Å²) in [5, 5.41) is 2.01. The maximum absolute atomic E-state index is 13.6. The predicted octanol–water partition coefficient (Wildman–Crippen LogP) is 4.59. The highest BCUT2D eigenvalue weighted by Crippen LogP contribution is 2.33. The van der Waals surface area contributed by atoms with Gasteiger partial charge in [-0.15, -0.1) is 11.3 Å². The van der Waals surface area contributed by atoms with Crippen LogP contribution in [0.1, 0.15) is 55.9 Å². The summed E-state index contributed by atoms with van der Waals surface area (Å²) < 4.78 is 16.7. The normalized spacial score (nSPS) is 16.6. The molecule has 2 aromatic rings. The molecule has 0 N–H and O–H groups in total. The Morgan fingerprint density at radius 2 is 1.94 bits per heavy atom. The minimum atomic E-state index is -0.0621. The summed E-state index contributed by atoms with van der Waals surface area (Å²) in [5.41, 5.74) is 0.967. The largest absolute Gasteiger partial charge is 0.454 e. The number of hydrogen-bond donors (Lipinski definition) is 0. The van der Waals surface area contributed by atoms with Crippen molar-refractivity contribution >= 4 is 23.2 Å². The van der Waals surface area contributed by atoms with Crippen molar-refractivity contribution in [1.82, 2.24) is 9.80 Å². The number of benzene rings is 1. The number of fused-ring (bicyclic) bond motifs is 1. The quantitative estimate of drug-likeness (QED) is 0.411. The van der Waals surface area contributed by atoms with Gasteiger partial charge in [-0.1, -0.05) is 31.9 Å². The summed E-state index contributed by atoms with van der Waals surface area (Å²) in [4.78, 5) is 31.3. The molecular formula is C26H34N2O5S. The molecule has 0 spiro atoms. The van der Waals surface area contributed by atoms with Crippen molar-refractivity contribution in [2.45, 2.75) is 64.6 Å². The average Bonchev–Trinajstić information content (AvgIpc) is 3.61. The number of hydrogen-bond acceptors (Lipinski definition) is 6. The van der Waals surface area contributed by atoms with E-state index >= 15 is 0 Å². The lowest BCUT2D eigenvalue weighted by Gasteiger charge is -2.29. The second kappa shape index (κ2) is 12.2. The second-order valence-corrected chi connectivity index (χ2v) is 9.92. The number of carbonyl (C=O) groups is 2. The van der Waals surface area contributed by atoms with Gasteiger partial charge in [-0.25, -0.2) is 0 Å². The van der Waals surface area contributed by atoms with Crippen LogP contribution in [-0.2, 0) is 27.4 Å². The lowest BCUT2D eigenvalue weighted by Crippen LogP contribution is -2.45. The second-order valence-electron chi connectivity index (χ2n) is 8.88. The van der Waals surface area contributed by atoms with Gasteiger partial charge in [0.15, 0.2) is 11.5 Å². The molecule has 1 atom stereocenters. The third-order valence-corrected chi connectivity index (χ3v) is 7.07. The highest BCUT2D eigenvalue weighted by atomic mass is 32.1. The van der Waals surface area contributed by atoms with E-state index in [-0.39, 0.29) is 31.3 Å². The van der Waals surface area contributed by atoms with Crippen molar-refractivity contribution in [3.63, 3.8) is 0 Å². The highest BCUT2D eigenvalue weighted by molar-refractivity contribution is 7.09. The Morgan fingerprint density at radius 1 is 1.06 bits per heavy atom. The molecule has 2 aliphatic heterocycles. The molecule has 1 aromatic heterocycles. The summed E-state index contributed by atoms with van der Waals surface area (Å²) >= 11 is 1.63. The van der Waals surface area contributed by atoms with Gasteiger partial charge in [-0.05, 0) is 48.4 Å². The topological polar surface area (TPSA) is 68.3 Å². The smallest absolute Gasteiger partial charge is 0.242 e. The van der Waals surface area contributed by atoms with Gasteiger partial charge in [-0.3, -0.25) is 9.59 Å². The summed E-state index contributed by atoms with van der Waals surface area (Å²) in [6.45, 7) is 4.55. The standard InChI is InChI=1S/C26H34N2O5S/c1-2-3-4-9-25(29)28(16-21-7-5-12-31-21)18-26(30)27(17-22-8-6-13-34-22)15-20-10-11-23-24(14-20)33-19-32-23/h6,8,10-11,13-14,21H,2-5,7,9,12,15-19H2,1H3. The van der Waals surface area contributed by atoms with E-state index in [9.17, 15) is 9.59 Å². The SMILES string of the molecule is CCCCCC(=O)N(CC(=O)N(Cc1ccc2c(c1)OCO2)Cc1cccs1)CC1CCCO1. The molecule has 34 heavy (non-hydrogen) atoms. The first-order valence-corrected chi connectivity index (χ1v) is 13.1. The molecule has 1 unspecified atom stereocenters. The van der Waals surface area contributed by atoms with Crippen molar-refractivity contribution in [1.29, 1.82) is 0 Å². The van der Waals surface area contributed by atoms with Crippen molar-refractivity contribution in [2.75, 3.05) is 26.5 Å². The highest BCUT2D eigenvalue weighted by Gasteiger charge is 2.26. The van der Waals surface area contributed by atoms with Crippen LogP contribution in [-0.4, -0.2) is 54.2 Å². The van der Waals surface area contributed by atoms with Gasteiger partial charge < -0.3 is 24.0 Å². The predicted molar refractivity (Wildman–Crippen MR) is 131 cm³/mol. The molecule has 0 saturated carbocycles. The summed E-state index contributed by atoms with van der Waals surface area (Å²) in [7, 11) is 0. The number of carbonyl (C=O) groups excluding carboxylic acids is 2. The fourth-order valence-corrected chi connectivity index (χ4v) is 5.04. The first kappa shape index (κ1) is 24.5. The molecule has 3 heterocycles. The molecule has 0 bridgehead atoms. The minimum absolute atomic E-state index is 0.0162. The summed E-state index contributed by atoms with van der Waals surface area (Å²) in [6, 6.07) is 9.79. The van der Waals surface area contributed by atoms with E-state index in [1.807, 2.05) is 40.6 Å². The third kappa shape index (κ3) is 6.73. The minimum Gasteiger partial charge on any atom is -0.454 e. The zero-order valence-electron chi connectivity index (χ0n) is 19.9. The van der Waals surface area contributed by atoms with E-state index in [1.165, 1.54) is 0 Å². The van der Waals surface area contributed by atoms with Gasteiger partial charge in [0, 0.05) is 31.0 Å². The lowest BCUT2D eigenvalue weighted by molar-refractivity contribution is -0.142. The van der Waals surface area contributed by atoms with E-state index < -0.39 is 0 Å². The lowest BCUT2D eigenvalue weighted by atomic mass is 10.1. The third-order valence-electron chi connectivity index (χ3n) is 6.21. The number of ether oxygens (including phenoxy) is 3. The Bertz CT molecular complexity index is 943. The van der Waals surface area contributed by atoms with Gasteiger partial charge in [0.25, 0.3) is 0 Å². The van der Waals surface area contributed by atoms with E-state index in [4.69, 9.17) is 14.2 Å². The van der Waals surface area contributed by atoms with Gasteiger partial charge in [0.05, 0.1) is 19.2 Å². The average molecular weight is 487 g/mol. The molecule has 4 rings (SSSR count). The van der Waals surface area contributed by atoms with Crippen molar-refractivity contribution in [3.05, 3.63) is 46.2 Å². The Balaban J connectivity index is 1.47. The van der Waals surface area contributed by atoms with E-state index in [0.717, 1.165) is 54.9 Å². The van der Waals surface area contributed by atoms with Crippen LogP contribution in [0.15, 0.2) is 35.7 Å². The fourth-order valence-electron chi connectivity index (χ4n) is 4.32. The van der Waals surface area contributed by atoms with Crippen molar-refractivity contribution < 1.29 is 23.8 Å². The molecule has 1 fully saturated rings. The van der Waals surface area contributed by atoms with Crippen LogP contribution >= 0.6 is 11.3 Å². The van der Waals surface area contributed by atoms with Crippen molar-refractivity contribution in [3.8, 4) is 11.5 Å². The first-order valence-electron chi connectivity index (χ1n) is 12.2. The monoisotopic (exact) mass is 486 g/mol. The Hall–Kier alpha value is -2.58. The van der Waals surface area contributed by atoms with Crippen LogP contribution in [0.5, 0.6) is 11.5 Å². The van der Waals surface area contributed by atoms with Gasteiger partial charge in [-0.2, -0.15) is 0 Å². The Labute approximate surface area is 205 Å². The molecule has 7 nitrogen and oxygen atoms in total. The molecule has 8 heteroatoms. The van der Waals surface area contributed by atoms with Crippen LogP contribution < -0.4 is 9.47 Å². The van der Waals surface area contributed by atoms with Gasteiger partial charge in [0.1, 0.15) is 0 Å². The van der Waals surface area contributed by atoms with Crippen LogP contribution in [0.3, 0.4) is 0 Å². The summed E-state index contributed by atoms with van der Waals surface area (Å²) in [6.07, 6.45) is 5.35. The van der Waals surface area contributed by atoms with E-state index in [0.29, 0.717) is 31.8 Å². The number of rotatable bonds is 12. The molecule has 0 aliphatic carbocycles. The number of thiophene rings is 1. The fraction of sp³-hybridized carbons (Fsp3) is 0.538. The maximum atomic E-state index is 13.6. The molecule has 0 radical (unpaired) electrons. The maximum Gasteiger partial charge on any atom is 0.242 e. The molecule has 2 amide bonds. The number of nitrogens with zero attached hydrogens (tertiary/aromatic N) is 2. The van der Waals surface area contributed by atoms with Crippen LogP contribution in [0.4, 0.5) is 0 Å². The van der Waals surface area contributed by atoms with Gasteiger partial charge >= 0.3 is 0 Å². The van der Waals surface area contributed by atoms with Crippen molar-refractivity contribution in [2.24, 2.45) is 0 Å². The first-order chi connectivity index (χ1) is 16.6. The molecular weight excluding hydrogens is 452 g/mol. The number of unbranched alkanes of at least 4 members (excludes halogenated alkanes) is 2. The molecule has 1 aromatic carbocycles. The molecule has 2 aliphatic rings. The van der Waals surface area contributed by atoms with Gasteiger partial charge in [0.2, 0.25) is 18.6 Å². The zero-order valence-corrected chi connectivity index (χ0v) is 20.7. The zero-order chi connectivity index (χ0) is 23.8.